The zero-order valence-corrected chi connectivity index (χ0v) is 19.0. The lowest BCUT2D eigenvalue weighted by molar-refractivity contribution is -0.132. The van der Waals surface area contributed by atoms with E-state index in [0.717, 1.165) is 17.2 Å². The zero-order valence-electron chi connectivity index (χ0n) is 18.2. The highest BCUT2D eigenvalue weighted by Crippen LogP contribution is 2.43. The van der Waals surface area contributed by atoms with Gasteiger partial charge >= 0.3 is 0 Å². The van der Waals surface area contributed by atoms with Crippen molar-refractivity contribution < 1.29 is 23.8 Å². The van der Waals surface area contributed by atoms with Gasteiger partial charge in [-0.15, -0.1) is 0 Å². The lowest BCUT2D eigenvalue weighted by atomic mass is 9.93. The maximum absolute atomic E-state index is 13.8. The minimum Gasteiger partial charge on any atom is -0.507 e. The number of aliphatic hydroxyl groups is 1. The molecule has 1 fully saturated rings. The molecule has 5 nitrogen and oxygen atoms in total. The number of carbonyl (C=O) groups is 2. The third kappa shape index (κ3) is 3.98. The van der Waals surface area contributed by atoms with Crippen molar-refractivity contribution in [2.45, 2.75) is 19.9 Å². The van der Waals surface area contributed by atoms with Crippen molar-refractivity contribution in [3.05, 3.63) is 99.3 Å². The summed E-state index contributed by atoms with van der Waals surface area (Å²) in [4.78, 5) is 27.6. The van der Waals surface area contributed by atoms with Crippen LogP contribution in [0.15, 0.2) is 66.2 Å². The molecule has 1 amide bonds. The number of amides is 1. The first-order valence-corrected chi connectivity index (χ1v) is 10.6. The van der Waals surface area contributed by atoms with Crippen LogP contribution < -0.4 is 9.64 Å². The van der Waals surface area contributed by atoms with Crippen molar-refractivity contribution >= 4 is 34.7 Å². The number of nitrogens with zero attached hydrogens (tertiary/aromatic N) is 1. The molecular weight excluding hydrogens is 445 g/mol. The van der Waals surface area contributed by atoms with Gasteiger partial charge in [0.1, 0.15) is 17.3 Å². The molecule has 0 saturated carbocycles. The predicted octanol–water partition coefficient (Wildman–Crippen LogP) is 5.73. The number of methoxy groups -OCH3 is 1. The molecule has 1 N–H and O–H groups in total. The minimum absolute atomic E-state index is 0.0562. The number of hydrogen-bond donors (Lipinski definition) is 1. The van der Waals surface area contributed by atoms with Crippen LogP contribution in [0, 0.1) is 19.7 Å². The summed E-state index contributed by atoms with van der Waals surface area (Å²) in [5, 5.41) is 11.1. The van der Waals surface area contributed by atoms with Crippen molar-refractivity contribution in [3.8, 4) is 5.75 Å². The zero-order chi connectivity index (χ0) is 23.9. The van der Waals surface area contributed by atoms with Crippen LogP contribution in [0.5, 0.6) is 5.75 Å². The molecule has 0 aromatic heterocycles. The summed E-state index contributed by atoms with van der Waals surface area (Å²) in [6, 6.07) is 15.2. The maximum atomic E-state index is 13.8. The minimum atomic E-state index is -0.947. The second-order valence-corrected chi connectivity index (χ2v) is 8.27. The van der Waals surface area contributed by atoms with Gasteiger partial charge in [-0.3, -0.25) is 14.5 Å². The Balaban J connectivity index is 1.97. The van der Waals surface area contributed by atoms with E-state index in [0.29, 0.717) is 16.9 Å². The fourth-order valence-corrected chi connectivity index (χ4v) is 4.15. The topological polar surface area (TPSA) is 66.8 Å². The standard InChI is InChI=1S/C26H21ClFNO4/c1-14-4-5-15(2)19(12-14)24(30)22-23(16-6-9-18(33-3)10-7-16)29(26(32)25(22)31)17-8-11-21(28)20(27)13-17/h4-13,23,30H,1-3H3/b24-22+. The summed E-state index contributed by atoms with van der Waals surface area (Å²) in [5.74, 6) is -2.01. The van der Waals surface area contributed by atoms with Crippen LogP contribution in [0.3, 0.4) is 0 Å². The van der Waals surface area contributed by atoms with Gasteiger partial charge in [0.25, 0.3) is 11.7 Å². The third-order valence-electron chi connectivity index (χ3n) is 5.71. The molecule has 0 bridgehead atoms. The van der Waals surface area contributed by atoms with E-state index in [2.05, 4.69) is 0 Å². The first kappa shape index (κ1) is 22.6. The molecule has 1 atom stereocenters. The average molecular weight is 466 g/mol. The molecule has 3 aromatic carbocycles. The van der Waals surface area contributed by atoms with Crippen molar-refractivity contribution in [1.82, 2.24) is 0 Å². The number of ether oxygens (including phenoxy) is 1. The summed E-state index contributed by atoms with van der Waals surface area (Å²) >= 11 is 5.97. The molecule has 168 valence electrons. The summed E-state index contributed by atoms with van der Waals surface area (Å²) in [5.41, 5.74) is 2.86. The predicted molar refractivity (Wildman–Crippen MR) is 125 cm³/mol. The molecule has 1 heterocycles. The first-order chi connectivity index (χ1) is 15.7. The number of benzene rings is 3. The number of aliphatic hydroxyl groups excluding tert-OH is 1. The Labute approximate surface area is 195 Å². The van der Waals surface area contributed by atoms with E-state index < -0.39 is 23.5 Å². The van der Waals surface area contributed by atoms with Crippen LogP contribution in [-0.2, 0) is 9.59 Å². The average Bonchev–Trinajstić information content (AvgIpc) is 3.07. The summed E-state index contributed by atoms with van der Waals surface area (Å²) in [6.45, 7) is 3.68. The van der Waals surface area contributed by atoms with Gasteiger partial charge in [0, 0.05) is 11.3 Å². The number of rotatable bonds is 4. The number of anilines is 1. The van der Waals surface area contributed by atoms with Gasteiger partial charge in [-0.05, 0) is 61.4 Å². The van der Waals surface area contributed by atoms with Gasteiger partial charge in [0.2, 0.25) is 0 Å². The molecular formula is C26H21ClFNO4. The van der Waals surface area contributed by atoms with E-state index in [-0.39, 0.29) is 22.0 Å². The van der Waals surface area contributed by atoms with Gasteiger partial charge in [-0.1, -0.05) is 41.4 Å². The molecule has 0 radical (unpaired) electrons. The van der Waals surface area contributed by atoms with E-state index in [9.17, 15) is 19.1 Å². The fraction of sp³-hybridized carbons (Fsp3) is 0.154. The van der Waals surface area contributed by atoms with Crippen LogP contribution in [-0.4, -0.2) is 23.9 Å². The molecule has 7 heteroatoms. The Morgan fingerprint density at radius 2 is 1.73 bits per heavy atom. The number of aryl methyl sites for hydroxylation is 2. The molecule has 1 saturated heterocycles. The highest BCUT2D eigenvalue weighted by Gasteiger charge is 2.47. The number of hydrogen-bond acceptors (Lipinski definition) is 4. The summed E-state index contributed by atoms with van der Waals surface area (Å²) in [7, 11) is 1.53. The van der Waals surface area contributed by atoms with Crippen molar-refractivity contribution in [2.75, 3.05) is 12.0 Å². The summed E-state index contributed by atoms with van der Waals surface area (Å²) < 4.78 is 19.0. The second kappa shape index (κ2) is 8.71. The lowest BCUT2D eigenvalue weighted by Gasteiger charge is -2.26. The largest absolute Gasteiger partial charge is 0.507 e. The monoisotopic (exact) mass is 465 g/mol. The van der Waals surface area contributed by atoms with E-state index in [1.807, 2.05) is 26.0 Å². The van der Waals surface area contributed by atoms with Crippen LogP contribution >= 0.6 is 11.6 Å². The molecule has 1 aliphatic heterocycles. The molecule has 0 aliphatic carbocycles. The molecule has 0 spiro atoms. The van der Waals surface area contributed by atoms with E-state index in [1.165, 1.54) is 24.1 Å². The Kier molecular flexibility index (Phi) is 5.95. The van der Waals surface area contributed by atoms with Crippen LogP contribution in [0.1, 0.15) is 28.3 Å². The van der Waals surface area contributed by atoms with Gasteiger partial charge in [0.05, 0.1) is 23.7 Å². The first-order valence-electron chi connectivity index (χ1n) is 10.2. The van der Waals surface area contributed by atoms with Gasteiger partial charge in [-0.25, -0.2) is 4.39 Å². The van der Waals surface area contributed by atoms with Gasteiger partial charge in [-0.2, -0.15) is 0 Å². The number of Topliss-reactive ketones (excluding diaryl/α,β-unsaturated/α-hetero) is 1. The third-order valence-corrected chi connectivity index (χ3v) is 6.00. The van der Waals surface area contributed by atoms with Crippen molar-refractivity contribution in [2.24, 2.45) is 0 Å². The summed E-state index contributed by atoms with van der Waals surface area (Å²) in [6.07, 6.45) is 0. The molecule has 3 aromatic rings. The van der Waals surface area contributed by atoms with Crippen molar-refractivity contribution in [3.63, 3.8) is 0 Å². The van der Waals surface area contributed by atoms with E-state index >= 15 is 0 Å². The molecule has 33 heavy (non-hydrogen) atoms. The molecule has 1 aliphatic rings. The Morgan fingerprint density at radius 1 is 1.03 bits per heavy atom. The number of halogens is 2. The number of ketones is 1. The molecule has 1 unspecified atom stereocenters. The van der Waals surface area contributed by atoms with Crippen LogP contribution in [0.2, 0.25) is 5.02 Å². The Morgan fingerprint density at radius 3 is 2.36 bits per heavy atom. The lowest BCUT2D eigenvalue weighted by Crippen LogP contribution is -2.29. The SMILES string of the molecule is COc1ccc(C2/C(=C(\O)c3cc(C)ccc3C)C(=O)C(=O)N2c2ccc(F)c(Cl)c2)cc1. The number of carbonyl (C=O) groups excluding carboxylic acids is 2. The van der Waals surface area contributed by atoms with Gasteiger partial charge in [0.15, 0.2) is 0 Å². The molecule has 4 rings (SSSR count). The Bertz CT molecular complexity index is 1300. The van der Waals surface area contributed by atoms with Crippen LogP contribution in [0.25, 0.3) is 5.76 Å². The van der Waals surface area contributed by atoms with Crippen molar-refractivity contribution in [1.29, 1.82) is 0 Å². The highest BCUT2D eigenvalue weighted by molar-refractivity contribution is 6.51. The van der Waals surface area contributed by atoms with Gasteiger partial charge < -0.3 is 9.84 Å². The normalized spacial score (nSPS) is 17.5. The fourth-order valence-electron chi connectivity index (χ4n) is 3.97. The highest BCUT2D eigenvalue weighted by atomic mass is 35.5. The maximum Gasteiger partial charge on any atom is 0.300 e. The smallest absolute Gasteiger partial charge is 0.300 e. The van der Waals surface area contributed by atoms with Crippen LogP contribution in [0.4, 0.5) is 10.1 Å². The quantitative estimate of drug-likeness (QED) is 0.303. The van der Waals surface area contributed by atoms with E-state index in [1.54, 1.807) is 30.3 Å². The Hall–Kier alpha value is -3.64. The second-order valence-electron chi connectivity index (χ2n) is 7.86. The van der Waals surface area contributed by atoms with E-state index in [4.69, 9.17) is 16.3 Å².